The van der Waals surface area contributed by atoms with Crippen LogP contribution in [0.25, 0.3) is 0 Å². The van der Waals surface area contributed by atoms with Crippen molar-refractivity contribution < 1.29 is 9.59 Å². The minimum Gasteiger partial charge on any atom is -0.341 e. The van der Waals surface area contributed by atoms with Gasteiger partial charge in [-0.05, 0) is 23.8 Å². The minimum atomic E-state index is -0.719. The fourth-order valence-electron chi connectivity index (χ4n) is 2.17. The Kier molecular flexibility index (Phi) is 8.19. The third-order valence-corrected chi connectivity index (χ3v) is 5.36. The predicted molar refractivity (Wildman–Crippen MR) is 107 cm³/mol. The van der Waals surface area contributed by atoms with Crippen molar-refractivity contribution >= 4 is 39.5 Å². The Labute approximate surface area is 165 Å². The number of hydrogen-bond donors (Lipinski definition) is 2. The fraction of sp³-hybridized carbons (Fsp3) is 0.211. The maximum absolute atomic E-state index is 12.3. The molecule has 0 radical (unpaired) electrons. The smallest absolute Gasteiger partial charge is 0.251 e. The normalized spacial score (nSPS) is 11.2. The molecule has 0 spiro atoms. The molecule has 0 fully saturated rings. The number of carbonyl (C=O) groups excluding carboxylic acids is 2. The Morgan fingerprint density at radius 2 is 1.81 bits per heavy atom. The summed E-state index contributed by atoms with van der Waals surface area (Å²) in [6.45, 7) is -0.0918. The summed E-state index contributed by atoms with van der Waals surface area (Å²) in [5, 5.41) is 13.9. The summed E-state index contributed by atoms with van der Waals surface area (Å²) < 4.78 is 1.01. The van der Waals surface area contributed by atoms with Crippen LogP contribution in [0.1, 0.15) is 15.9 Å². The van der Waals surface area contributed by atoms with E-state index in [2.05, 4.69) is 26.6 Å². The fourth-order valence-corrected chi connectivity index (χ4v) is 3.84. The van der Waals surface area contributed by atoms with E-state index < -0.39 is 6.04 Å². The summed E-state index contributed by atoms with van der Waals surface area (Å²) in [6.07, 6.45) is 0. The van der Waals surface area contributed by atoms with Crippen molar-refractivity contribution in [1.29, 1.82) is 5.26 Å². The Morgan fingerprint density at radius 3 is 2.50 bits per heavy atom. The molecule has 0 unspecified atom stereocenters. The zero-order valence-corrected chi connectivity index (χ0v) is 16.3. The molecule has 0 saturated heterocycles. The van der Waals surface area contributed by atoms with Gasteiger partial charge in [0.15, 0.2) is 0 Å². The third-order valence-electron chi connectivity index (χ3n) is 3.50. The van der Waals surface area contributed by atoms with Crippen LogP contribution in [0.15, 0.2) is 59.1 Å². The van der Waals surface area contributed by atoms with Crippen LogP contribution in [0, 0.1) is 11.3 Å². The van der Waals surface area contributed by atoms with Crippen LogP contribution in [0.3, 0.4) is 0 Å². The molecule has 2 rings (SSSR count). The summed E-state index contributed by atoms with van der Waals surface area (Å²) in [5.41, 5.74) is 1.60. The summed E-state index contributed by atoms with van der Waals surface area (Å²) in [7, 11) is 0. The van der Waals surface area contributed by atoms with Crippen LogP contribution >= 0.6 is 27.7 Å². The second-order valence-corrected chi connectivity index (χ2v) is 7.26. The van der Waals surface area contributed by atoms with E-state index in [0.29, 0.717) is 17.1 Å². The van der Waals surface area contributed by atoms with Gasteiger partial charge in [-0.15, -0.1) is 0 Å². The van der Waals surface area contributed by atoms with Gasteiger partial charge in [0, 0.05) is 21.5 Å². The van der Waals surface area contributed by atoms with Crippen LogP contribution in [0.5, 0.6) is 0 Å². The van der Waals surface area contributed by atoms with Crippen molar-refractivity contribution in [2.75, 3.05) is 12.3 Å². The molecule has 134 valence electrons. The lowest BCUT2D eigenvalue weighted by Crippen LogP contribution is -2.48. The maximum atomic E-state index is 12.3. The van der Waals surface area contributed by atoms with Gasteiger partial charge >= 0.3 is 0 Å². The number of nitrogens with one attached hydrogen (secondary N) is 2. The van der Waals surface area contributed by atoms with Crippen molar-refractivity contribution in [2.45, 2.75) is 11.8 Å². The molecule has 2 N–H and O–H groups in total. The van der Waals surface area contributed by atoms with E-state index in [-0.39, 0.29) is 18.4 Å². The van der Waals surface area contributed by atoms with Crippen molar-refractivity contribution in [3.05, 3.63) is 70.2 Å². The highest BCUT2D eigenvalue weighted by Gasteiger charge is 2.21. The highest BCUT2D eigenvalue weighted by atomic mass is 79.9. The van der Waals surface area contributed by atoms with Crippen molar-refractivity contribution in [3.8, 4) is 6.07 Å². The Balaban J connectivity index is 1.99. The SMILES string of the molecule is N#CCNC(=O)[C@H](CSCc1ccccc1Br)NC(=O)c1ccccc1. The molecule has 0 bridgehead atoms. The maximum Gasteiger partial charge on any atom is 0.251 e. The highest BCUT2D eigenvalue weighted by molar-refractivity contribution is 9.10. The van der Waals surface area contributed by atoms with Crippen LogP contribution in [-0.4, -0.2) is 30.2 Å². The van der Waals surface area contributed by atoms with Gasteiger partial charge < -0.3 is 10.6 Å². The molecule has 0 aromatic heterocycles. The van der Waals surface area contributed by atoms with Crippen molar-refractivity contribution in [3.63, 3.8) is 0 Å². The number of nitriles is 1. The average molecular weight is 432 g/mol. The lowest BCUT2D eigenvalue weighted by atomic mass is 10.2. The first-order valence-electron chi connectivity index (χ1n) is 7.93. The van der Waals surface area contributed by atoms with Gasteiger partial charge in [0.05, 0.1) is 6.07 Å². The summed E-state index contributed by atoms with van der Waals surface area (Å²) in [5.74, 6) is 0.418. The number of benzene rings is 2. The highest BCUT2D eigenvalue weighted by Crippen LogP contribution is 2.21. The van der Waals surface area contributed by atoms with Crippen molar-refractivity contribution in [2.24, 2.45) is 0 Å². The van der Waals surface area contributed by atoms with E-state index in [0.717, 1.165) is 10.0 Å². The van der Waals surface area contributed by atoms with Crippen LogP contribution in [-0.2, 0) is 10.5 Å². The summed E-state index contributed by atoms with van der Waals surface area (Å²) >= 11 is 5.04. The van der Waals surface area contributed by atoms with E-state index in [1.54, 1.807) is 24.3 Å². The summed E-state index contributed by atoms with van der Waals surface area (Å²) in [6, 6.07) is 17.7. The first kappa shape index (κ1) is 20.0. The molecule has 0 saturated carbocycles. The van der Waals surface area contributed by atoms with E-state index in [1.807, 2.05) is 36.4 Å². The molecule has 2 aromatic carbocycles. The molecule has 26 heavy (non-hydrogen) atoms. The molecule has 7 heteroatoms. The minimum absolute atomic E-state index is 0.0918. The first-order valence-corrected chi connectivity index (χ1v) is 9.88. The lowest BCUT2D eigenvalue weighted by Gasteiger charge is -2.18. The monoisotopic (exact) mass is 431 g/mol. The molecular weight excluding hydrogens is 414 g/mol. The Morgan fingerprint density at radius 1 is 1.12 bits per heavy atom. The van der Waals surface area contributed by atoms with Gasteiger partial charge in [-0.25, -0.2) is 0 Å². The summed E-state index contributed by atoms with van der Waals surface area (Å²) in [4.78, 5) is 24.6. The largest absolute Gasteiger partial charge is 0.341 e. The molecular formula is C19H18BrN3O2S. The number of halogens is 1. The van der Waals surface area contributed by atoms with E-state index in [4.69, 9.17) is 5.26 Å². The predicted octanol–water partition coefficient (Wildman–Crippen LogP) is 3.12. The Bertz CT molecular complexity index is 793. The number of rotatable bonds is 8. The second kappa shape index (κ2) is 10.6. The van der Waals surface area contributed by atoms with Crippen LogP contribution in [0.2, 0.25) is 0 Å². The van der Waals surface area contributed by atoms with Gasteiger partial charge in [0.25, 0.3) is 5.91 Å². The number of amides is 2. The number of carbonyl (C=O) groups is 2. The van der Waals surface area contributed by atoms with Crippen LogP contribution < -0.4 is 10.6 Å². The van der Waals surface area contributed by atoms with Gasteiger partial charge in [-0.3, -0.25) is 9.59 Å². The Hall–Kier alpha value is -2.30. The molecule has 1 atom stereocenters. The van der Waals surface area contributed by atoms with Gasteiger partial charge in [-0.2, -0.15) is 17.0 Å². The average Bonchev–Trinajstić information content (AvgIpc) is 2.67. The number of thioether (sulfide) groups is 1. The van der Waals surface area contributed by atoms with Gasteiger partial charge in [-0.1, -0.05) is 52.3 Å². The van der Waals surface area contributed by atoms with E-state index in [1.165, 1.54) is 11.8 Å². The first-order chi connectivity index (χ1) is 12.6. The topological polar surface area (TPSA) is 82.0 Å². The second-order valence-electron chi connectivity index (χ2n) is 5.37. The standard InChI is InChI=1S/C19H18BrN3O2S/c20-16-9-5-4-8-15(16)12-26-13-17(19(25)22-11-10-21)23-18(24)14-6-2-1-3-7-14/h1-9,17H,11-13H2,(H,22,25)(H,23,24)/t17-/m0/s1. The molecule has 0 aliphatic rings. The third kappa shape index (κ3) is 6.21. The molecule has 0 aliphatic heterocycles. The van der Waals surface area contributed by atoms with E-state index >= 15 is 0 Å². The molecule has 2 amide bonds. The molecule has 0 aliphatic carbocycles. The number of hydrogen-bond acceptors (Lipinski definition) is 4. The van der Waals surface area contributed by atoms with Gasteiger partial charge in [0.1, 0.15) is 12.6 Å². The lowest BCUT2D eigenvalue weighted by molar-refractivity contribution is -0.122. The number of nitrogens with zero attached hydrogens (tertiary/aromatic N) is 1. The zero-order valence-electron chi connectivity index (χ0n) is 13.9. The van der Waals surface area contributed by atoms with E-state index in [9.17, 15) is 9.59 Å². The van der Waals surface area contributed by atoms with Crippen LogP contribution in [0.4, 0.5) is 0 Å². The molecule has 0 heterocycles. The van der Waals surface area contributed by atoms with Gasteiger partial charge in [0.2, 0.25) is 5.91 Å². The zero-order chi connectivity index (χ0) is 18.8. The van der Waals surface area contributed by atoms with Crippen molar-refractivity contribution in [1.82, 2.24) is 10.6 Å². The molecule has 5 nitrogen and oxygen atoms in total. The molecule has 2 aromatic rings. The quantitative estimate of drug-likeness (QED) is 0.628.